The number of halogens is 1. The van der Waals surface area contributed by atoms with E-state index >= 15 is 0 Å². The van der Waals surface area contributed by atoms with Crippen LogP contribution in [-0.2, 0) is 13.0 Å². The fourth-order valence-corrected chi connectivity index (χ4v) is 3.24. The molecule has 0 amide bonds. The Labute approximate surface area is 133 Å². The molecule has 3 nitrogen and oxygen atoms in total. The van der Waals surface area contributed by atoms with E-state index in [1.165, 1.54) is 16.8 Å². The third-order valence-corrected chi connectivity index (χ3v) is 4.64. The third kappa shape index (κ3) is 2.72. The Hall–Kier alpha value is -1.68. The Morgan fingerprint density at radius 3 is 2.57 bits per heavy atom. The van der Waals surface area contributed by atoms with Crippen molar-refractivity contribution in [3.8, 4) is 11.5 Å². The molecule has 1 aliphatic heterocycles. The Morgan fingerprint density at radius 2 is 1.81 bits per heavy atom. The van der Waals surface area contributed by atoms with Crippen LogP contribution >= 0.6 is 15.9 Å². The van der Waals surface area contributed by atoms with Crippen LogP contribution in [0.2, 0.25) is 0 Å². The van der Waals surface area contributed by atoms with Crippen molar-refractivity contribution in [2.24, 2.45) is 0 Å². The van der Waals surface area contributed by atoms with Crippen LogP contribution < -0.4 is 14.4 Å². The molecule has 2 aromatic carbocycles. The van der Waals surface area contributed by atoms with Gasteiger partial charge in [0.1, 0.15) is 0 Å². The molecule has 3 rings (SSSR count). The minimum absolute atomic E-state index is 0.745. The van der Waals surface area contributed by atoms with Crippen LogP contribution in [0.3, 0.4) is 0 Å². The zero-order chi connectivity index (χ0) is 14.8. The molecule has 0 N–H and O–H groups in total. The standard InChI is InChI=1S/C17H18BrNO2/c1-20-16-9-13(14(18)10-17(16)21-2)11-19-8-7-12-5-3-4-6-15(12)19/h3-6,9-10H,7-8,11H2,1-2H3. The zero-order valence-electron chi connectivity index (χ0n) is 12.2. The van der Waals surface area contributed by atoms with E-state index in [1.54, 1.807) is 14.2 Å². The second-order valence-corrected chi connectivity index (χ2v) is 5.95. The minimum atomic E-state index is 0.745. The van der Waals surface area contributed by atoms with E-state index in [-0.39, 0.29) is 0 Å². The topological polar surface area (TPSA) is 21.7 Å². The van der Waals surface area contributed by atoms with Crippen molar-refractivity contribution >= 4 is 21.6 Å². The Kier molecular flexibility index (Phi) is 4.06. The predicted octanol–water partition coefficient (Wildman–Crippen LogP) is 4.03. The highest BCUT2D eigenvalue weighted by atomic mass is 79.9. The molecule has 21 heavy (non-hydrogen) atoms. The predicted molar refractivity (Wildman–Crippen MR) is 88.4 cm³/mol. The number of nitrogens with zero attached hydrogens (tertiary/aromatic N) is 1. The number of anilines is 1. The molecule has 0 aliphatic carbocycles. The number of methoxy groups -OCH3 is 2. The molecular weight excluding hydrogens is 330 g/mol. The summed E-state index contributed by atoms with van der Waals surface area (Å²) in [6, 6.07) is 12.6. The van der Waals surface area contributed by atoms with Gasteiger partial charge >= 0.3 is 0 Å². The lowest BCUT2D eigenvalue weighted by Gasteiger charge is -2.21. The average Bonchev–Trinajstić information content (AvgIpc) is 2.92. The number of hydrogen-bond acceptors (Lipinski definition) is 3. The van der Waals surface area contributed by atoms with Crippen molar-refractivity contribution in [2.75, 3.05) is 25.7 Å². The maximum atomic E-state index is 5.40. The Bertz CT molecular complexity index is 657. The lowest BCUT2D eigenvalue weighted by Crippen LogP contribution is -2.20. The monoisotopic (exact) mass is 347 g/mol. The summed E-state index contributed by atoms with van der Waals surface area (Å²) in [6.45, 7) is 1.91. The summed E-state index contributed by atoms with van der Waals surface area (Å²) in [7, 11) is 3.32. The van der Waals surface area contributed by atoms with E-state index in [4.69, 9.17) is 9.47 Å². The molecule has 0 fully saturated rings. The van der Waals surface area contributed by atoms with Crippen LogP contribution in [0.4, 0.5) is 5.69 Å². The summed E-state index contributed by atoms with van der Waals surface area (Å²) >= 11 is 3.64. The number of hydrogen-bond donors (Lipinski definition) is 0. The highest BCUT2D eigenvalue weighted by molar-refractivity contribution is 9.10. The van der Waals surface area contributed by atoms with Gasteiger partial charge in [0.15, 0.2) is 11.5 Å². The molecule has 0 bridgehead atoms. The fraction of sp³-hybridized carbons (Fsp3) is 0.294. The van der Waals surface area contributed by atoms with Crippen LogP contribution in [0.1, 0.15) is 11.1 Å². The molecule has 2 aromatic rings. The summed E-state index contributed by atoms with van der Waals surface area (Å²) in [6.07, 6.45) is 1.11. The number of para-hydroxylation sites is 1. The van der Waals surface area contributed by atoms with Gasteiger partial charge in [-0.15, -0.1) is 0 Å². The van der Waals surface area contributed by atoms with Gasteiger partial charge in [-0.25, -0.2) is 0 Å². The van der Waals surface area contributed by atoms with Crippen LogP contribution in [0.5, 0.6) is 11.5 Å². The van der Waals surface area contributed by atoms with Crippen molar-refractivity contribution in [1.82, 2.24) is 0 Å². The minimum Gasteiger partial charge on any atom is -0.493 e. The van der Waals surface area contributed by atoms with E-state index in [2.05, 4.69) is 45.1 Å². The molecule has 4 heteroatoms. The second-order valence-electron chi connectivity index (χ2n) is 5.10. The van der Waals surface area contributed by atoms with E-state index in [0.29, 0.717) is 0 Å². The normalized spacial score (nSPS) is 13.2. The smallest absolute Gasteiger partial charge is 0.161 e. The third-order valence-electron chi connectivity index (χ3n) is 3.90. The average molecular weight is 348 g/mol. The van der Waals surface area contributed by atoms with E-state index in [0.717, 1.165) is 35.5 Å². The maximum absolute atomic E-state index is 5.40. The van der Waals surface area contributed by atoms with Gasteiger partial charge in [0, 0.05) is 23.2 Å². The molecule has 0 atom stereocenters. The van der Waals surface area contributed by atoms with Gasteiger partial charge in [-0.2, -0.15) is 0 Å². The molecule has 0 radical (unpaired) electrons. The first-order valence-electron chi connectivity index (χ1n) is 6.96. The first-order chi connectivity index (χ1) is 10.2. The van der Waals surface area contributed by atoms with E-state index in [1.807, 2.05) is 12.1 Å². The van der Waals surface area contributed by atoms with Crippen LogP contribution in [0, 0.1) is 0 Å². The van der Waals surface area contributed by atoms with Crippen molar-refractivity contribution in [1.29, 1.82) is 0 Å². The summed E-state index contributed by atoms with van der Waals surface area (Å²) in [5.41, 5.74) is 3.96. The number of benzene rings is 2. The Morgan fingerprint density at radius 1 is 1.10 bits per heavy atom. The summed E-state index contributed by atoms with van der Waals surface area (Å²) < 4.78 is 11.8. The van der Waals surface area contributed by atoms with Gasteiger partial charge in [0.05, 0.1) is 14.2 Å². The molecule has 110 valence electrons. The highest BCUT2D eigenvalue weighted by Crippen LogP contribution is 2.36. The second kappa shape index (κ2) is 5.98. The van der Waals surface area contributed by atoms with Crippen LogP contribution in [-0.4, -0.2) is 20.8 Å². The van der Waals surface area contributed by atoms with Gasteiger partial charge in [0.2, 0.25) is 0 Å². The van der Waals surface area contributed by atoms with Gasteiger partial charge in [0.25, 0.3) is 0 Å². The van der Waals surface area contributed by atoms with Gasteiger partial charge in [-0.1, -0.05) is 34.1 Å². The maximum Gasteiger partial charge on any atom is 0.161 e. The number of ether oxygens (including phenoxy) is 2. The number of rotatable bonds is 4. The molecule has 0 aromatic heterocycles. The lowest BCUT2D eigenvalue weighted by molar-refractivity contribution is 0.354. The summed E-state index contributed by atoms with van der Waals surface area (Å²) in [5, 5.41) is 0. The SMILES string of the molecule is COc1cc(Br)c(CN2CCc3ccccc32)cc1OC. The summed E-state index contributed by atoms with van der Waals surface area (Å²) in [4.78, 5) is 2.40. The van der Waals surface area contributed by atoms with Gasteiger partial charge in [-0.3, -0.25) is 0 Å². The van der Waals surface area contributed by atoms with Gasteiger partial charge < -0.3 is 14.4 Å². The number of fused-ring (bicyclic) bond motifs is 1. The van der Waals surface area contributed by atoms with Gasteiger partial charge in [-0.05, 0) is 35.7 Å². The van der Waals surface area contributed by atoms with E-state index < -0.39 is 0 Å². The molecule has 0 unspecified atom stereocenters. The van der Waals surface area contributed by atoms with Crippen molar-refractivity contribution in [3.05, 3.63) is 52.0 Å². The summed E-state index contributed by atoms with van der Waals surface area (Å²) in [5.74, 6) is 1.51. The lowest BCUT2D eigenvalue weighted by atomic mass is 10.1. The zero-order valence-corrected chi connectivity index (χ0v) is 13.8. The van der Waals surface area contributed by atoms with Crippen molar-refractivity contribution in [3.63, 3.8) is 0 Å². The fourth-order valence-electron chi connectivity index (χ4n) is 2.79. The molecule has 0 saturated carbocycles. The largest absolute Gasteiger partial charge is 0.493 e. The first-order valence-corrected chi connectivity index (χ1v) is 7.75. The highest BCUT2D eigenvalue weighted by Gasteiger charge is 2.20. The molecule has 1 heterocycles. The van der Waals surface area contributed by atoms with Crippen molar-refractivity contribution in [2.45, 2.75) is 13.0 Å². The molecule has 0 spiro atoms. The first kappa shape index (κ1) is 14.3. The Balaban J connectivity index is 1.89. The van der Waals surface area contributed by atoms with E-state index in [9.17, 15) is 0 Å². The molecular formula is C17H18BrNO2. The van der Waals surface area contributed by atoms with Crippen molar-refractivity contribution < 1.29 is 9.47 Å². The molecule has 0 saturated heterocycles. The van der Waals surface area contributed by atoms with Crippen LogP contribution in [0.15, 0.2) is 40.9 Å². The quantitative estimate of drug-likeness (QED) is 0.833. The van der Waals surface area contributed by atoms with Crippen LogP contribution in [0.25, 0.3) is 0 Å². The molecule has 1 aliphatic rings.